The molecule has 0 spiro atoms. The van der Waals surface area contributed by atoms with Crippen molar-refractivity contribution in [2.45, 2.75) is 50.9 Å². The van der Waals surface area contributed by atoms with Crippen molar-refractivity contribution >= 4 is 15.9 Å². The SMILES string of the molecule is NC1CCCCCC1OCc1cc(F)cc(Br)c1. The molecule has 1 saturated carbocycles. The molecular formula is C14H19BrFNO. The van der Waals surface area contributed by atoms with E-state index in [-0.39, 0.29) is 18.0 Å². The van der Waals surface area contributed by atoms with Gasteiger partial charge in [-0.1, -0.05) is 35.2 Å². The molecule has 1 aliphatic rings. The van der Waals surface area contributed by atoms with Gasteiger partial charge in [-0.15, -0.1) is 0 Å². The average molecular weight is 316 g/mol. The third kappa shape index (κ3) is 4.04. The molecule has 2 N–H and O–H groups in total. The third-order valence-electron chi connectivity index (χ3n) is 3.39. The number of rotatable bonds is 3. The summed E-state index contributed by atoms with van der Waals surface area (Å²) in [5.41, 5.74) is 6.94. The second-order valence-electron chi connectivity index (χ2n) is 4.93. The lowest BCUT2D eigenvalue weighted by molar-refractivity contribution is 0.0193. The normalized spacial score (nSPS) is 24.8. The molecule has 0 heterocycles. The Bertz CT molecular complexity index is 379. The number of nitrogens with two attached hydrogens (primary N) is 1. The zero-order valence-corrected chi connectivity index (χ0v) is 12.0. The van der Waals surface area contributed by atoms with E-state index in [9.17, 15) is 4.39 Å². The number of hydrogen-bond acceptors (Lipinski definition) is 2. The summed E-state index contributed by atoms with van der Waals surface area (Å²) < 4.78 is 19.8. The van der Waals surface area contributed by atoms with E-state index in [1.54, 1.807) is 0 Å². The monoisotopic (exact) mass is 315 g/mol. The molecule has 100 valence electrons. The van der Waals surface area contributed by atoms with Crippen LogP contribution in [0, 0.1) is 5.82 Å². The van der Waals surface area contributed by atoms with Gasteiger partial charge in [0.15, 0.2) is 0 Å². The van der Waals surface area contributed by atoms with E-state index in [1.807, 2.05) is 6.07 Å². The zero-order valence-electron chi connectivity index (χ0n) is 10.4. The highest BCUT2D eigenvalue weighted by molar-refractivity contribution is 9.10. The summed E-state index contributed by atoms with van der Waals surface area (Å²) in [6.45, 7) is 0.425. The molecule has 0 radical (unpaired) electrons. The van der Waals surface area contributed by atoms with E-state index < -0.39 is 0 Å². The van der Waals surface area contributed by atoms with Gasteiger partial charge < -0.3 is 10.5 Å². The van der Waals surface area contributed by atoms with E-state index in [2.05, 4.69) is 15.9 Å². The molecule has 1 aliphatic carbocycles. The summed E-state index contributed by atoms with van der Waals surface area (Å²) in [7, 11) is 0. The number of hydrogen-bond donors (Lipinski definition) is 1. The van der Waals surface area contributed by atoms with Gasteiger partial charge >= 0.3 is 0 Å². The molecule has 18 heavy (non-hydrogen) atoms. The molecule has 2 nitrogen and oxygen atoms in total. The fourth-order valence-electron chi connectivity index (χ4n) is 2.41. The van der Waals surface area contributed by atoms with Crippen LogP contribution in [0.25, 0.3) is 0 Å². The molecule has 2 atom stereocenters. The van der Waals surface area contributed by atoms with Gasteiger partial charge in [-0.05, 0) is 36.6 Å². The first-order valence-electron chi connectivity index (χ1n) is 6.47. The van der Waals surface area contributed by atoms with Crippen LogP contribution in [-0.4, -0.2) is 12.1 Å². The molecule has 0 aromatic heterocycles. The highest BCUT2D eigenvalue weighted by atomic mass is 79.9. The molecular weight excluding hydrogens is 297 g/mol. The van der Waals surface area contributed by atoms with Gasteiger partial charge in [0.2, 0.25) is 0 Å². The second kappa shape index (κ2) is 6.64. The summed E-state index contributed by atoms with van der Waals surface area (Å²) in [6, 6.07) is 4.95. The molecule has 1 aromatic carbocycles. The predicted molar refractivity (Wildman–Crippen MR) is 73.7 cm³/mol. The Morgan fingerprint density at radius 1 is 1.22 bits per heavy atom. The Labute approximate surface area is 116 Å². The van der Waals surface area contributed by atoms with Gasteiger partial charge in [-0.2, -0.15) is 0 Å². The van der Waals surface area contributed by atoms with Crippen LogP contribution in [0.15, 0.2) is 22.7 Å². The second-order valence-corrected chi connectivity index (χ2v) is 5.84. The fraction of sp³-hybridized carbons (Fsp3) is 0.571. The van der Waals surface area contributed by atoms with Crippen molar-refractivity contribution in [3.05, 3.63) is 34.1 Å². The molecule has 0 bridgehead atoms. The quantitative estimate of drug-likeness (QED) is 0.862. The number of halogens is 2. The van der Waals surface area contributed by atoms with E-state index in [0.29, 0.717) is 6.61 Å². The third-order valence-corrected chi connectivity index (χ3v) is 3.85. The molecule has 4 heteroatoms. The highest BCUT2D eigenvalue weighted by Gasteiger charge is 2.20. The van der Waals surface area contributed by atoms with Gasteiger partial charge in [0.05, 0.1) is 12.7 Å². The van der Waals surface area contributed by atoms with Gasteiger partial charge in [0, 0.05) is 10.5 Å². The fourth-order valence-corrected chi connectivity index (χ4v) is 2.92. The Balaban J connectivity index is 1.93. The molecule has 1 aromatic rings. The summed E-state index contributed by atoms with van der Waals surface area (Å²) in [6.07, 6.45) is 5.74. The van der Waals surface area contributed by atoms with Crippen LogP contribution in [0.1, 0.15) is 37.7 Å². The first-order valence-corrected chi connectivity index (χ1v) is 7.26. The van der Waals surface area contributed by atoms with Crippen LogP contribution >= 0.6 is 15.9 Å². The summed E-state index contributed by atoms with van der Waals surface area (Å²) in [5, 5.41) is 0. The maximum absolute atomic E-state index is 13.2. The van der Waals surface area contributed by atoms with Crippen LogP contribution < -0.4 is 5.73 Å². The first kappa shape index (κ1) is 14.0. The van der Waals surface area contributed by atoms with Crippen molar-refractivity contribution in [1.29, 1.82) is 0 Å². The topological polar surface area (TPSA) is 35.2 Å². The Morgan fingerprint density at radius 3 is 2.78 bits per heavy atom. The van der Waals surface area contributed by atoms with Crippen LogP contribution in [0.2, 0.25) is 0 Å². The molecule has 0 aliphatic heterocycles. The molecule has 0 saturated heterocycles. The van der Waals surface area contributed by atoms with Crippen molar-refractivity contribution in [1.82, 2.24) is 0 Å². The van der Waals surface area contributed by atoms with Crippen LogP contribution in [0.3, 0.4) is 0 Å². The lowest BCUT2D eigenvalue weighted by Crippen LogP contribution is -2.35. The van der Waals surface area contributed by atoms with E-state index in [4.69, 9.17) is 10.5 Å². The van der Waals surface area contributed by atoms with Gasteiger partial charge in [-0.25, -0.2) is 4.39 Å². The minimum atomic E-state index is -0.242. The van der Waals surface area contributed by atoms with Gasteiger partial charge in [0.1, 0.15) is 5.82 Å². The Morgan fingerprint density at radius 2 is 2.00 bits per heavy atom. The van der Waals surface area contributed by atoms with Crippen LogP contribution in [0.5, 0.6) is 0 Å². The van der Waals surface area contributed by atoms with Gasteiger partial charge in [-0.3, -0.25) is 0 Å². The zero-order chi connectivity index (χ0) is 13.0. The Kier molecular flexibility index (Phi) is 5.15. The smallest absolute Gasteiger partial charge is 0.124 e. The van der Waals surface area contributed by atoms with Crippen molar-refractivity contribution in [2.75, 3.05) is 0 Å². The van der Waals surface area contributed by atoms with Crippen molar-refractivity contribution in [3.63, 3.8) is 0 Å². The molecule has 2 rings (SSSR count). The maximum atomic E-state index is 13.2. The van der Waals surface area contributed by atoms with E-state index in [1.165, 1.54) is 31.4 Å². The van der Waals surface area contributed by atoms with Crippen molar-refractivity contribution in [3.8, 4) is 0 Å². The van der Waals surface area contributed by atoms with Crippen molar-refractivity contribution in [2.24, 2.45) is 5.73 Å². The molecule has 1 fully saturated rings. The standard InChI is InChI=1S/C14H19BrFNO/c15-11-6-10(7-12(16)8-11)9-18-14-5-3-1-2-4-13(14)17/h6-8,13-14H,1-5,9,17H2. The molecule has 2 unspecified atom stereocenters. The minimum Gasteiger partial charge on any atom is -0.372 e. The maximum Gasteiger partial charge on any atom is 0.124 e. The number of ether oxygens (including phenoxy) is 1. The Hall–Kier alpha value is -0.450. The van der Waals surface area contributed by atoms with Gasteiger partial charge in [0.25, 0.3) is 0 Å². The van der Waals surface area contributed by atoms with E-state index in [0.717, 1.165) is 22.9 Å². The molecule has 0 amide bonds. The van der Waals surface area contributed by atoms with Crippen molar-refractivity contribution < 1.29 is 9.13 Å². The summed E-state index contributed by atoms with van der Waals surface area (Å²) >= 11 is 3.28. The van der Waals surface area contributed by atoms with E-state index >= 15 is 0 Å². The highest BCUT2D eigenvalue weighted by Crippen LogP contribution is 2.21. The lowest BCUT2D eigenvalue weighted by atomic mass is 10.1. The van der Waals surface area contributed by atoms with Crippen LogP contribution in [-0.2, 0) is 11.3 Å². The van der Waals surface area contributed by atoms with Crippen LogP contribution in [0.4, 0.5) is 4.39 Å². The summed E-state index contributed by atoms with van der Waals surface area (Å²) in [5.74, 6) is -0.242. The largest absolute Gasteiger partial charge is 0.372 e. The predicted octanol–water partition coefficient (Wildman–Crippen LogP) is 3.76. The minimum absolute atomic E-state index is 0.106. The average Bonchev–Trinajstić information content (AvgIpc) is 2.50. The number of benzene rings is 1. The lowest BCUT2D eigenvalue weighted by Gasteiger charge is -2.22. The summed E-state index contributed by atoms with van der Waals surface area (Å²) in [4.78, 5) is 0. The first-order chi connectivity index (χ1) is 8.65.